The zero-order valence-corrected chi connectivity index (χ0v) is 12.0. The summed E-state index contributed by atoms with van der Waals surface area (Å²) in [4.78, 5) is 2.16. The Morgan fingerprint density at radius 2 is 2.06 bits per heavy atom. The Balaban J connectivity index is 2.05. The van der Waals surface area contributed by atoms with Crippen molar-refractivity contribution >= 4 is 11.6 Å². The van der Waals surface area contributed by atoms with Gasteiger partial charge in [-0.05, 0) is 33.0 Å². The molecular weight excluding hydrogens is 250 g/mol. The molecule has 2 aromatic rings. The molecule has 0 atom stereocenters. The van der Waals surface area contributed by atoms with Crippen molar-refractivity contribution in [3.8, 4) is 0 Å². The van der Waals surface area contributed by atoms with Crippen LogP contribution in [0.5, 0.6) is 0 Å². The van der Waals surface area contributed by atoms with E-state index < -0.39 is 0 Å². The van der Waals surface area contributed by atoms with Crippen molar-refractivity contribution < 1.29 is 4.42 Å². The molecule has 4 nitrogen and oxygen atoms in total. The maximum atomic E-state index is 6.22. The van der Waals surface area contributed by atoms with Gasteiger partial charge in [0.15, 0.2) is 0 Å². The maximum Gasteiger partial charge on any atom is 0.131 e. The number of aryl methyl sites for hydroxylation is 3. The number of rotatable bonds is 4. The van der Waals surface area contributed by atoms with Gasteiger partial charge >= 0.3 is 0 Å². The Morgan fingerprint density at radius 1 is 1.33 bits per heavy atom. The van der Waals surface area contributed by atoms with Crippen molar-refractivity contribution in [2.45, 2.75) is 26.9 Å². The monoisotopic (exact) mass is 267 g/mol. The van der Waals surface area contributed by atoms with Gasteiger partial charge in [-0.3, -0.25) is 9.58 Å². The van der Waals surface area contributed by atoms with Crippen LogP contribution in [-0.4, -0.2) is 21.7 Å². The second kappa shape index (κ2) is 5.16. The van der Waals surface area contributed by atoms with Crippen molar-refractivity contribution in [2.75, 3.05) is 7.05 Å². The molecule has 18 heavy (non-hydrogen) atoms. The molecule has 0 aliphatic carbocycles. The fourth-order valence-electron chi connectivity index (χ4n) is 2.02. The van der Waals surface area contributed by atoms with Crippen molar-refractivity contribution in [3.63, 3.8) is 0 Å². The largest absolute Gasteiger partial charge is 0.465 e. The lowest BCUT2D eigenvalue weighted by atomic mass is 10.2. The Kier molecular flexibility index (Phi) is 3.78. The summed E-state index contributed by atoms with van der Waals surface area (Å²) in [7, 11) is 3.90. The molecule has 0 fully saturated rings. The summed E-state index contributed by atoms with van der Waals surface area (Å²) in [6, 6.07) is 3.98. The second-order valence-corrected chi connectivity index (χ2v) is 5.02. The molecule has 0 spiro atoms. The summed E-state index contributed by atoms with van der Waals surface area (Å²) >= 11 is 6.22. The molecule has 2 rings (SSSR count). The number of furan rings is 1. The van der Waals surface area contributed by atoms with Crippen LogP contribution >= 0.6 is 11.6 Å². The summed E-state index contributed by atoms with van der Waals surface area (Å²) < 4.78 is 7.27. The van der Waals surface area contributed by atoms with Gasteiger partial charge in [0, 0.05) is 19.2 Å². The van der Waals surface area contributed by atoms with Crippen molar-refractivity contribution in [1.82, 2.24) is 14.7 Å². The minimum atomic E-state index is 0.704. The SMILES string of the molecule is Cc1ccc(CN(C)Cc2c(C)nn(C)c2Cl)o1. The van der Waals surface area contributed by atoms with Gasteiger partial charge in [-0.2, -0.15) is 5.10 Å². The van der Waals surface area contributed by atoms with Crippen LogP contribution in [0, 0.1) is 13.8 Å². The molecule has 0 saturated carbocycles. The number of hydrogen-bond donors (Lipinski definition) is 0. The zero-order chi connectivity index (χ0) is 13.3. The standard InChI is InChI=1S/C13H18ClN3O/c1-9-5-6-11(18-9)7-16(3)8-12-10(2)15-17(4)13(12)14/h5-6H,7-8H2,1-4H3. The molecule has 0 radical (unpaired) electrons. The second-order valence-electron chi connectivity index (χ2n) is 4.66. The van der Waals surface area contributed by atoms with Gasteiger partial charge in [-0.1, -0.05) is 11.6 Å². The third-order valence-corrected chi connectivity index (χ3v) is 3.39. The summed E-state index contributed by atoms with van der Waals surface area (Å²) in [5.41, 5.74) is 2.05. The van der Waals surface area contributed by atoms with Gasteiger partial charge in [-0.25, -0.2) is 0 Å². The summed E-state index contributed by atoms with van der Waals surface area (Å²) in [5.74, 6) is 1.90. The highest BCUT2D eigenvalue weighted by Gasteiger charge is 2.14. The van der Waals surface area contributed by atoms with Gasteiger partial charge < -0.3 is 4.42 Å². The van der Waals surface area contributed by atoms with E-state index in [2.05, 4.69) is 10.00 Å². The molecule has 0 aliphatic heterocycles. The van der Waals surface area contributed by atoms with E-state index in [1.807, 2.05) is 40.1 Å². The van der Waals surface area contributed by atoms with Gasteiger partial charge in [0.05, 0.1) is 12.2 Å². The average molecular weight is 268 g/mol. The van der Waals surface area contributed by atoms with Crippen LogP contribution < -0.4 is 0 Å². The Bertz CT molecular complexity index is 544. The molecule has 2 heterocycles. The highest BCUT2D eigenvalue weighted by Crippen LogP contribution is 2.21. The predicted octanol–water partition coefficient (Wildman–Crippen LogP) is 2.92. The fraction of sp³-hybridized carbons (Fsp3) is 0.462. The third kappa shape index (κ3) is 2.76. The molecule has 0 aromatic carbocycles. The first-order chi connectivity index (χ1) is 8.47. The lowest BCUT2D eigenvalue weighted by Gasteiger charge is -2.14. The molecule has 0 N–H and O–H groups in total. The molecule has 98 valence electrons. The Hall–Kier alpha value is -1.26. The molecule has 2 aromatic heterocycles. The zero-order valence-electron chi connectivity index (χ0n) is 11.2. The normalized spacial score (nSPS) is 11.4. The van der Waals surface area contributed by atoms with E-state index in [9.17, 15) is 0 Å². The number of nitrogens with zero attached hydrogens (tertiary/aromatic N) is 3. The topological polar surface area (TPSA) is 34.2 Å². The quantitative estimate of drug-likeness (QED) is 0.854. The smallest absolute Gasteiger partial charge is 0.131 e. The fourth-order valence-corrected chi connectivity index (χ4v) is 2.25. The number of aromatic nitrogens is 2. The third-order valence-electron chi connectivity index (χ3n) is 2.92. The molecule has 0 bridgehead atoms. The summed E-state index contributed by atoms with van der Waals surface area (Å²) in [5, 5.41) is 5.01. The molecule has 0 amide bonds. The van der Waals surface area contributed by atoms with Crippen molar-refractivity contribution in [2.24, 2.45) is 7.05 Å². The van der Waals surface area contributed by atoms with Gasteiger partial charge in [0.1, 0.15) is 16.7 Å². The van der Waals surface area contributed by atoms with E-state index >= 15 is 0 Å². The van der Waals surface area contributed by atoms with Gasteiger partial charge in [0.25, 0.3) is 0 Å². The van der Waals surface area contributed by atoms with Crippen LogP contribution in [0.3, 0.4) is 0 Å². The summed E-state index contributed by atoms with van der Waals surface area (Å²) in [6.45, 7) is 5.45. The van der Waals surface area contributed by atoms with E-state index in [0.29, 0.717) is 5.15 Å². The van der Waals surface area contributed by atoms with Crippen LogP contribution in [0.2, 0.25) is 5.15 Å². The Morgan fingerprint density at radius 3 is 2.56 bits per heavy atom. The van der Waals surface area contributed by atoms with E-state index in [1.165, 1.54) is 0 Å². The van der Waals surface area contributed by atoms with E-state index in [-0.39, 0.29) is 0 Å². The number of hydrogen-bond acceptors (Lipinski definition) is 3. The van der Waals surface area contributed by atoms with Crippen molar-refractivity contribution in [1.29, 1.82) is 0 Å². The van der Waals surface area contributed by atoms with E-state index in [4.69, 9.17) is 16.0 Å². The van der Waals surface area contributed by atoms with Crippen LogP contribution in [0.25, 0.3) is 0 Å². The molecule has 0 unspecified atom stereocenters. The van der Waals surface area contributed by atoms with Gasteiger partial charge in [0.2, 0.25) is 0 Å². The maximum absolute atomic E-state index is 6.22. The minimum Gasteiger partial charge on any atom is -0.465 e. The first kappa shape index (κ1) is 13.2. The highest BCUT2D eigenvalue weighted by atomic mass is 35.5. The lowest BCUT2D eigenvalue weighted by Crippen LogP contribution is -2.17. The molecule has 0 aliphatic rings. The predicted molar refractivity (Wildman–Crippen MR) is 71.6 cm³/mol. The Labute approximate surface area is 112 Å². The van der Waals surface area contributed by atoms with Crippen LogP contribution in [-0.2, 0) is 20.1 Å². The van der Waals surface area contributed by atoms with E-state index in [0.717, 1.165) is 35.9 Å². The minimum absolute atomic E-state index is 0.704. The van der Waals surface area contributed by atoms with Gasteiger partial charge in [-0.15, -0.1) is 0 Å². The lowest BCUT2D eigenvalue weighted by molar-refractivity contribution is 0.285. The molecule has 0 saturated heterocycles. The van der Waals surface area contributed by atoms with Crippen LogP contribution in [0.4, 0.5) is 0 Å². The van der Waals surface area contributed by atoms with Crippen LogP contribution in [0.15, 0.2) is 16.5 Å². The van der Waals surface area contributed by atoms with Crippen LogP contribution in [0.1, 0.15) is 22.8 Å². The molecular formula is C13H18ClN3O. The summed E-state index contributed by atoms with van der Waals surface area (Å²) in [6.07, 6.45) is 0. The first-order valence-corrected chi connectivity index (χ1v) is 6.27. The van der Waals surface area contributed by atoms with E-state index in [1.54, 1.807) is 4.68 Å². The molecule has 5 heteroatoms. The average Bonchev–Trinajstić information content (AvgIpc) is 2.78. The number of halogens is 1. The first-order valence-electron chi connectivity index (χ1n) is 5.89. The highest BCUT2D eigenvalue weighted by molar-refractivity contribution is 6.30. The van der Waals surface area contributed by atoms with Crippen molar-refractivity contribution in [3.05, 3.63) is 40.1 Å².